The van der Waals surface area contributed by atoms with Crippen molar-refractivity contribution in [1.82, 2.24) is 34.5 Å². The summed E-state index contributed by atoms with van der Waals surface area (Å²) >= 11 is 1.61. The largest absolute Gasteiger partial charge is 0.341 e. The summed E-state index contributed by atoms with van der Waals surface area (Å²) in [5, 5.41) is 5.73. The molecule has 0 aromatic carbocycles. The summed E-state index contributed by atoms with van der Waals surface area (Å²) in [5.41, 5.74) is 3.77. The Hall–Kier alpha value is -2.87. The Morgan fingerprint density at radius 3 is 2.92 bits per heavy atom. The molecule has 5 rings (SSSR count). The van der Waals surface area contributed by atoms with Crippen molar-refractivity contribution < 1.29 is 0 Å². The minimum atomic E-state index is 0.734. The average Bonchev–Trinajstić information content (AvgIpc) is 3.29. The van der Waals surface area contributed by atoms with Crippen LogP contribution in [-0.2, 0) is 12.8 Å². The number of H-pyrrole nitrogens is 1. The molecule has 5 aromatic rings. The molecule has 0 amide bonds. The SMILES string of the molecule is Cc1ncc(C)n2nc(CCc3nc4sc5ncccc5c4[nH]3)nc12. The van der Waals surface area contributed by atoms with E-state index >= 15 is 0 Å². The van der Waals surface area contributed by atoms with Crippen molar-refractivity contribution in [3.8, 4) is 0 Å². The predicted molar refractivity (Wildman–Crippen MR) is 96.9 cm³/mol. The molecule has 5 aromatic heterocycles. The maximum Gasteiger partial charge on any atom is 0.177 e. The topological polar surface area (TPSA) is 84.6 Å². The molecule has 0 unspecified atom stereocenters. The molecule has 0 atom stereocenters. The van der Waals surface area contributed by atoms with E-state index in [1.807, 2.05) is 36.8 Å². The summed E-state index contributed by atoms with van der Waals surface area (Å²) in [5.74, 6) is 1.77. The molecule has 0 aliphatic rings. The molecule has 25 heavy (non-hydrogen) atoms. The van der Waals surface area contributed by atoms with Gasteiger partial charge < -0.3 is 4.98 Å². The number of hydrogen-bond acceptors (Lipinski definition) is 6. The van der Waals surface area contributed by atoms with Crippen LogP contribution in [0.2, 0.25) is 0 Å². The van der Waals surface area contributed by atoms with Crippen molar-refractivity contribution in [2.24, 2.45) is 0 Å². The maximum absolute atomic E-state index is 4.70. The van der Waals surface area contributed by atoms with Crippen LogP contribution in [0.1, 0.15) is 23.0 Å². The molecule has 0 aliphatic heterocycles. The van der Waals surface area contributed by atoms with Crippen LogP contribution in [0.4, 0.5) is 0 Å². The second-order valence-electron chi connectivity index (χ2n) is 6.07. The first-order valence-corrected chi connectivity index (χ1v) is 8.90. The van der Waals surface area contributed by atoms with Gasteiger partial charge in [-0.2, -0.15) is 5.10 Å². The molecule has 0 saturated heterocycles. The van der Waals surface area contributed by atoms with E-state index in [4.69, 9.17) is 4.98 Å². The van der Waals surface area contributed by atoms with Crippen molar-refractivity contribution in [1.29, 1.82) is 0 Å². The van der Waals surface area contributed by atoms with Crippen molar-refractivity contribution in [3.05, 3.63) is 47.6 Å². The van der Waals surface area contributed by atoms with Crippen molar-refractivity contribution in [3.63, 3.8) is 0 Å². The van der Waals surface area contributed by atoms with Gasteiger partial charge in [0.2, 0.25) is 0 Å². The first-order valence-electron chi connectivity index (χ1n) is 8.09. The number of fused-ring (bicyclic) bond motifs is 4. The van der Waals surface area contributed by atoms with E-state index in [2.05, 4.69) is 31.1 Å². The third kappa shape index (κ3) is 2.29. The van der Waals surface area contributed by atoms with Gasteiger partial charge in [0.05, 0.1) is 16.9 Å². The minimum absolute atomic E-state index is 0.734. The van der Waals surface area contributed by atoms with Gasteiger partial charge in [0.1, 0.15) is 15.5 Å². The standard InChI is InChI=1S/C17H15N7S/c1-9-8-19-10(2)15-21-13(23-24(9)15)6-5-12-20-14-11-4-3-7-18-16(11)25-17(14)22-12/h3-4,7-8H,5-6H2,1-2H3,(H,20,22). The number of nitrogens with zero attached hydrogens (tertiary/aromatic N) is 6. The second-order valence-corrected chi connectivity index (χ2v) is 7.05. The molecule has 0 saturated carbocycles. The number of imidazole rings is 1. The van der Waals surface area contributed by atoms with Crippen molar-refractivity contribution in [2.45, 2.75) is 26.7 Å². The first kappa shape index (κ1) is 14.5. The van der Waals surface area contributed by atoms with Gasteiger partial charge in [-0.1, -0.05) is 11.3 Å². The van der Waals surface area contributed by atoms with E-state index in [-0.39, 0.29) is 0 Å². The Kier molecular flexibility index (Phi) is 3.08. The van der Waals surface area contributed by atoms with E-state index in [1.54, 1.807) is 11.3 Å². The molecule has 0 fully saturated rings. The van der Waals surface area contributed by atoms with Gasteiger partial charge in [0.25, 0.3) is 0 Å². The number of pyridine rings is 1. The lowest BCUT2D eigenvalue weighted by Crippen LogP contribution is -1.98. The van der Waals surface area contributed by atoms with Crippen LogP contribution in [0.15, 0.2) is 24.5 Å². The van der Waals surface area contributed by atoms with Crippen molar-refractivity contribution in [2.75, 3.05) is 0 Å². The molecule has 124 valence electrons. The molecular weight excluding hydrogens is 334 g/mol. The summed E-state index contributed by atoms with van der Waals surface area (Å²) in [6.45, 7) is 3.94. The second kappa shape index (κ2) is 5.32. The van der Waals surface area contributed by atoms with Gasteiger partial charge in [0, 0.05) is 30.6 Å². The Balaban J connectivity index is 1.45. The van der Waals surface area contributed by atoms with Gasteiger partial charge in [-0.15, -0.1) is 0 Å². The lowest BCUT2D eigenvalue weighted by molar-refractivity contribution is 0.798. The van der Waals surface area contributed by atoms with Crippen LogP contribution >= 0.6 is 11.3 Å². The molecule has 0 radical (unpaired) electrons. The molecular formula is C17H15N7S. The molecule has 7 nitrogen and oxygen atoms in total. The maximum atomic E-state index is 4.70. The smallest absolute Gasteiger partial charge is 0.177 e. The van der Waals surface area contributed by atoms with Gasteiger partial charge in [0.15, 0.2) is 11.5 Å². The van der Waals surface area contributed by atoms with Crippen LogP contribution in [-0.4, -0.2) is 34.5 Å². The highest BCUT2D eigenvalue weighted by Crippen LogP contribution is 2.30. The summed E-state index contributed by atoms with van der Waals surface area (Å²) in [6.07, 6.45) is 5.14. The number of aromatic nitrogens is 7. The van der Waals surface area contributed by atoms with E-state index in [9.17, 15) is 0 Å². The van der Waals surface area contributed by atoms with E-state index in [1.165, 1.54) is 0 Å². The summed E-state index contributed by atoms with van der Waals surface area (Å²) in [6, 6.07) is 4.03. The molecule has 1 N–H and O–H groups in total. The number of nitrogens with one attached hydrogen (secondary N) is 1. The van der Waals surface area contributed by atoms with Crippen LogP contribution in [0.25, 0.3) is 26.2 Å². The third-order valence-electron chi connectivity index (χ3n) is 4.29. The third-order valence-corrected chi connectivity index (χ3v) is 5.30. The van der Waals surface area contributed by atoms with Crippen LogP contribution in [0.5, 0.6) is 0 Å². The number of aryl methyl sites for hydroxylation is 4. The highest BCUT2D eigenvalue weighted by Gasteiger charge is 2.13. The first-order chi connectivity index (χ1) is 12.2. The van der Waals surface area contributed by atoms with Crippen molar-refractivity contribution >= 4 is 37.5 Å². The minimum Gasteiger partial charge on any atom is -0.341 e. The Morgan fingerprint density at radius 2 is 2.04 bits per heavy atom. The summed E-state index contributed by atoms with van der Waals surface area (Å²) < 4.78 is 1.86. The monoisotopic (exact) mass is 349 g/mol. The molecule has 0 bridgehead atoms. The van der Waals surface area contributed by atoms with Gasteiger partial charge >= 0.3 is 0 Å². The van der Waals surface area contributed by atoms with E-state index in [0.29, 0.717) is 0 Å². The molecule has 0 spiro atoms. The fraction of sp³-hybridized carbons (Fsp3) is 0.235. The lowest BCUT2D eigenvalue weighted by atomic mass is 10.3. The highest BCUT2D eigenvalue weighted by molar-refractivity contribution is 7.25. The number of rotatable bonds is 3. The molecule has 8 heteroatoms. The normalized spacial score (nSPS) is 11.9. The summed E-state index contributed by atoms with van der Waals surface area (Å²) in [7, 11) is 0. The number of thiophene rings is 1. The van der Waals surface area contributed by atoms with Gasteiger partial charge in [-0.3, -0.25) is 4.98 Å². The lowest BCUT2D eigenvalue weighted by Gasteiger charge is -1.97. The Labute approximate surface area is 146 Å². The molecule has 5 heterocycles. The molecule has 0 aliphatic carbocycles. The number of aromatic amines is 1. The van der Waals surface area contributed by atoms with E-state index < -0.39 is 0 Å². The summed E-state index contributed by atoms with van der Waals surface area (Å²) in [4.78, 5) is 23.5. The van der Waals surface area contributed by atoms with Crippen LogP contribution in [0, 0.1) is 13.8 Å². The Morgan fingerprint density at radius 1 is 1.12 bits per heavy atom. The Bertz CT molecular complexity index is 1190. The fourth-order valence-electron chi connectivity index (χ4n) is 3.01. The highest BCUT2D eigenvalue weighted by atomic mass is 32.1. The van der Waals surface area contributed by atoms with E-state index in [0.717, 1.165) is 62.1 Å². The number of hydrogen-bond donors (Lipinski definition) is 1. The zero-order valence-corrected chi connectivity index (χ0v) is 14.6. The van der Waals surface area contributed by atoms with Crippen LogP contribution < -0.4 is 0 Å². The predicted octanol–water partition coefficient (Wildman–Crippen LogP) is 3.01. The fourth-order valence-corrected chi connectivity index (χ4v) is 4.00. The van der Waals surface area contributed by atoms with Gasteiger partial charge in [-0.05, 0) is 26.0 Å². The average molecular weight is 349 g/mol. The van der Waals surface area contributed by atoms with Crippen LogP contribution in [0.3, 0.4) is 0 Å². The van der Waals surface area contributed by atoms with Gasteiger partial charge in [-0.25, -0.2) is 19.5 Å². The zero-order valence-electron chi connectivity index (χ0n) is 13.8. The quantitative estimate of drug-likeness (QED) is 0.541. The zero-order chi connectivity index (χ0) is 17.0.